The third-order valence-corrected chi connectivity index (χ3v) is 4.75. The van der Waals surface area contributed by atoms with Crippen molar-refractivity contribution in [2.75, 3.05) is 18.9 Å². The lowest BCUT2D eigenvalue weighted by atomic mass is 9.93. The van der Waals surface area contributed by atoms with E-state index in [0.29, 0.717) is 23.1 Å². The van der Waals surface area contributed by atoms with E-state index in [9.17, 15) is 9.59 Å². The van der Waals surface area contributed by atoms with Crippen molar-refractivity contribution in [1.29, 1.82) is 0 Å². The van der Waals surface area contributed by atoms with Crippen LogP contribution in [0.15, 0.2) is 48.5 Å². The molecule has 150 valence electrons. The van der Waals surface area contributed by atoms with Gasteiger partial charge in [0, 0.05) is 24.3 Å². The lowest BCUT2D eigenvalue weighted by Gasteiger charge is -2.23. The molecule has 0 aliphatic heterocycles. The van der Waals surface area contributed by atoms with Gasteiger partial charge in [-0.25, -0.2) is 0 Å². The molecule has 0 radical (unpaired) electrons. The van der Waals surface area contributed by atoms with Gasteiger partial charge in [-0.05, 0) is 41.2 Å². The Morgan fingerprint density at radius 2 is 1.57 bits per heavy atom. The quantitative estimate of drug-likeness (QED) is 0.645. The number of carbonyl (C=O) groups is 2. The van der Waals surface area contributed by atoms with Gasteiger partial charge in [0.2, 0.25) is 5.91 Å². The second-order valence-electron chi connectivity index (χ2n) is 7.63. The molecule has 2 amide bonds. The molecule has 0 spiro atoms. The Morgan fingerprint density at radius 3 is 2.14 bits per heavy atom. The van der Waals surface area contributed by atoms with Crippen LogP contribution in [0.25, 0.3) is 0 Å². The zero-order valence-electron chi connectivity index (χ0n) is 17.4. The maximum atomic E-state index is 12.4. The van der Waals surface area contributed by atoms with E-state index < -0.39 is 0 Å². The molecule has 0 aliphatic carbocycles. The molecular weight excluding hydrogens is 350 g/mol. The topological polar surface area (TPSA) is 70.2 Å². The van der Waals surface area contributed by atoms with Gasteiger partial charge in [0.25, 0.3) is 5.91 Å². The van der Waals surface area contributed by atoms with Crippen LogP contribution in [-0.2, 0) is 4.79 Å². The molecule has 0 saturated heterocycles. The summed E-state index contributed by atoms with van der Waals surface area (Å²) in [6.45, 7) is 8.82. The highest BCUT2D eigenvalue weighted by Crippen LogP contribution is 2.24. The summed E-state index contributed by atoms with van der Waals surface area (Å²) in [6.07, 6.45) is 0. The number of anilines is 1. The monoisotopic (exact) mass is 381 g/mol. The van der Waals surface area contributed by atoms with E-state index in [0.717, 1.165) is 0 Å². The second-order valence-corrected chi connectivity index (χ2v) is 7.63. The SMILES string of the molecule is CNC(=O)c1cccc(NC(=O)CN[C@@H](c2ccc(C(C)C)cc2)C(C)C)c1. The van der Waals surface area contributed by atoms with Gasteiger partial charge in [-0.15, -0.1) is 0 Å². The number of nitrogens with one attached hydrogen (secondary N) is 3. The number of benzene rings is 2. The lowest BCUT2D eigenvalue weighted by Crippen LogP contribution is -2.33. The van der Waals surface area contributed by atoms with E-state index in [1.54, 1.807) is 31.3 Å². The van der Waals surface area contributed by atoms with E-state index in [-0.39, 0.29) is 24.4 Å². The molecule has 2 aromatic carbocycles. The largest absolute Gasteiger partial charge is 0.355 e. The van der Waals surface area contributed by atoms with Gasteiger partial charge in [-0.1, -0.05) is 58.0 Å². The first kappa shape index (κ1) is 21.6. The average molecular weight is 382 g/mol. The van der Waals surface area contributed by atoms with E-state index in [4.69, 9.17) is 0 Å². The Balaban J connectivity index is 2.00. The smallest absolute Gasteiger partial charge is 0.251 e. The predicted molar refractivity (Wildman–Crippen MR) is 115 cm³/mol. The Morgan fingerprint density at radius 1 is 0.929 bits per heavy atom. The van der Waals surface area contributed by atoms with Crippen LogP contribution in [0.1, 0.15) is 61.1 Å². The molecule has 0 unspecified atom stereocenters. The minimum Gasteiger partial charge on any atom is -0.355 e. The first-order chi connectivity index (χ1) is 13.3. The number of rotatable bonds is 8. The fraction of sp³-hybridized carbons (Fsp3) is 0.391. The molecule has 5 heteroatoms. The van der Waals surface area contributed by atoms with Crippen LogP contribution in [0, 0.1) is 5.92 Å². The highest BCUT2D eigenvalue weighted by molar-refractivity contribution is 5.97. The minimum absolute atomic E-state index is 0.0872. The van der Waals surface area contributed by atoms with Crippen LogP contribution >= 0.6 is 0 Å². The first-order valence-electron chi connectivity index (χ1n) is 9.77. The number of hydrogen-bond donors (Lipinski definition) is 3. The van der Waals surface area contributed by atoms with Gasteiger partial charge in [0.15, 0.2) is 0 Å². The maximum Gasteiger partial charge on any atom is 0.251 e. The molecule has 0 fully saturated rings. The van der Waals surface area contributed by atoms with Crippen molar-refractivity contribution in [3.63, 3.8) is 0 Å². The van der Waals surface area contributed by atoms with E-state index in [1.165, 1.54) is 11.1 Å². The highest BCUT2D eigenvalue weighted by atomic mass is 16.2. The Labute approximate surface area is 167 Å². The highest BCUT2D eigenvalue weighted by Gasteiger charge is 2.17. The summed E-state index contributed by atoms with van der Waals surface area (Å²) in [7, 11) is 1.58. The van der Waals surface area contributed by atoms with Crippen LogP contribution < -0.4 is 16.0 Å². The van der Waals surface area contributed by atoms with Gasteiger partial charge < -0.3 is 16.0 Å². The summed E-state index contributed by atoms with van der Waals surface area (Å²) >= 11 is 0. The standard InChI is InChI=1S/C23H31N3O2/c1-15(2)17-9-11-18(12-10-17)22(16(3)4)25-14-21(27)26-20-8-6-7-19(13-20)23(28)24-5/h6-13,15-16,22,25H,14H2,1-5H3,(H,24,28)(H,26,27)/t22-/m1/s1. The summed E-state index contributed by atoms with van der Waals surface area (Å²) in [4.78, 5) is 24.1. The third-order valence-electron chi connectivity index (χ3n) is 4.75. The summed E-state index contributed by atoms with van der Waals surface area (Å²) in [6, 6.07) is 15.6. The molecule has 5 nitrogen and oxygen atoms in total. The van der Waals surface area contributed by atoms with Crippen molar-refractivity contribution in [1.82, 2.24) is 10.6 Å². The van der Waals surface area contributed by atoms with Crippen molar-refractivity contribution in [2.45, 2.75) is 39.7 Å². The van der Waals surface area contributed by atoms with Gasteiger partial charge in [-0.3, -0.25) is 9.59 Å². The minimum atomic E-state index is -0.182. The molecule has 0 bridgehead atoms. The number of hydrogen-bond acceptors (Lipinski definition) is 3. The molecular formula is C23H31N3O2. The zero-order valence-corrected chi connectivity index (χ0v) is 17.4. The fourth-order valence-corrected chi connectivity index (χ4v) is 3.12. The second kappa shape index (κ2) is 10.0. The molecule has 0 heterocycles. The first-order valence-corrected chi connectivity index (χ1v) is 9.77. The van der Waals surface area contributed by atoms with E-state index in [2.05, 4.69) is 67.9 Å². The number of carbonyl (C=O) groups excluding carboxylic acids is 2. The molecule has 2 aromatic rings. The van der Waals surface area contributed by atoms with Crippen LogP contribution in [-0.4, -0.2) is 25.4 Å². The van der Waals surface area contributed by atoms with Crippen LogP contribution in [0.3, 0.4) is 0 Å². The Hall–Kier alpha value is -2.66. The summed E-state index contributed by atoms with van der Waals surface area (Å²) in [5, 5.41) is 8.79. The molecule has 0 aliphatic rings. The van der Waals surface area contributed by atoms with Crippen molar-refractivity contribution in [2.24, 2.45) is 5.92 Å². The van der Waals surface area contributed by atoms with Crippen LogP contribution in [0.4, 0.5) is 5.69 Å². The molecule has 28 heavy (non-hydrogen) atoms. The van der Waals surface area contributed by atoms with Crippen molar-refractivity contribution >= 4 is 17.5 Å². The molecule has 2 rings (SSSR count). The molecule has 1 atom stereocenters. The van der Waals surface area contributed by atoms with Gasteiger partial charge in [0.1, 0.15) is 0 Å². The number of amides is 2. The summed E-state index contributed by atoms with van der Waals surface area (Å²) in [5.74, 6) is 0.516. The normalized spacial score (nSPS) is 12.1. The molecule has 0 aromatic heterocycles. The van der Waals surface area contributed by atoms with Crippen molar-refractivity contribution in [3.8, 4) is 0 Å². The fourth-order valence-electron chi connectivity index (χ4n) is 3.12. The lowest BCUT2D eigenvalue weighted by molar-refractivity contribution is -0.115. The average Bonchev–Trinajstić information content (AvgIpc) is 2.67. The Kier molecular flexibility index (Phi) is 7.76. The third kappa shape index (κ3) is 5.92. The van der Waals surface area contributed by atoms with Crippen molar-refractivity contribution < 1.29 is 9.59 Å². The maximum absolute atomic E-state index is 12.4. The Bertz CT molecular complexity index is 798. The zero-order chi connectivity index (χ0) is 20.7. The summed E-state index contributed by atoms with van der Waals surface area (Å²) < 4.78 is 0. The molecule has 0 saturated carbocycles. The van der Waals surface area contributed by atoms with E-state index >= 15 is 0 Å². The predicted octanol–water partition coefficient (Wildman–Crippen LogP) is 4.10. The molecule has 3 N–H and O–H groups in total. The summed E-state index contributed by atoms with van der Waals surface area (Å²) in [5.41, 5.74) is 3.60. The van der Waals surface area contributed by atoms with Crippen LogP contribution in [0.5, 0.6) is 0 Å². The van der Waals surface area contributed by atoms with E-state index in [1.807, 2.05) is 0 Å². The van der Waals surface area contributed by atoms with Gasteiger partial charge >= 0.3 is 0 Å². The van der Waals surface area contributed by atoms with Crippen LogP contribution in [0.2, 0.25) is 0 Å². The van der Waals surface area contributed by atoms with Gasteiger partial charge in [0.05, 0.1) is 6.54 Å². The van der Waals surface area contributed by atoms with Crippen molar-refractivity contribution in [3.05, 3.63) is 65.2 Å². The van der Waals surface area contributed by atoms with Gasteiger partial charge in [-0.2, -0.15) is 0 Å².